The normalized spacial score (nSPS) is 14.4. The van der Waals surface area contributed by atoms with Gasteiger partial charge in [0.1, 0.15) is 0 Å². The molecular weight excluding hydrogens is 390 g/mol. The van der Waals surface area contributed by atoms with Crippen LogP contribution in [0.3, 0.4) is 0 Å². The molecule has 3 amide bonds. The maximum atomic E-state index is 12.6. The highest BCUT2D eigenvalue weighted by Gasteiger charge is 2.27. The molecule has 0 aliphatic carbocycles. The number of carbonyl (C=O) groups excluding carboxylic acids is 3. The number of piperidine rings is 1. The third-order valence-corrected chi connectivity index (χ3v) is 5.52. The van der Waals surface area contributed by atoms with Crippen LogP contribution in [0.5, 0.6) is 0 Å². The number of amides is 3. The molecule has 0 radical (unpaired) electrons. The Labute approximate surface area is 184 Å². The van der Waals surface area contributed by atoms with Gasteiger partial charge in [0.2, 0.25) is 11.8 Å². The van der Waals surface area contributed by atoms with Crippen molar-refractivity contribution < 1.29 is 14.4 Å². The number of carbonyl (C=O) groups is 3. The minimum absolute atomic E-state index is 0.0317. The van der Waals surface area contributed by atoms with Crippen LogP contribution in [0, 0.1) is 5.92 Å². The third kappa shape index (κ3) is 6.67. The number of anilines is 1. The van der Waals surface area contributed by atoms with E-state index >= 15 is 0 Å². The number of benzene rings is 2. The highest BCUT2D eigenvalue weighted by Crippen LogP contribution is 2.21. The van der Waals surface area contributed by atoms with E-state index in [9.17, 15) is 14.4 Å². The van der Waals surface area contributed by atoms with Crippen molar-refractivity contribution >= 4 is 23.4 Å². The Balaban J connectivity index is 1.43. The van der Waals surface area contributed by atoms with Crippen molar-refractivity contribution in [3.8, 4) is 0 Å². The highest BCUT2D eigenvalue weighted by atomic mass is 16.2. The lowest BCUT2D eigenvalue weighted by molar-refractivity contribution is -0.134. The van der Waals surface area contributed by atoms with Gasteiger partial charge in [-0.1, -0.05) is 30.3 Å². The van der Waals surface area contributed by atoms with Gasteiger partial charge in [-0.25, -0.2) is 0 Å². The number of rotatable bonds is 7. The van der Waals surface area contributed by atoms with E-state index in [2.05, 4.69) is 10.6 Å². The van der Waals surface area contributed by atoms with Crippen LogP contribution >= 0.6 is 0 Å². The molecule has 0 unspecified atom stereocenters. The molecule has 1 aliphatic heterocycles. The van der Waals surface area contributed by atoms with E-state index in [1.807, 2.05) is 49.1 Å². The molecule has 6 nitrogen and oxygen atoms in total. The summed E-state index contributed by atoms with van der Waals surface area (Å²) < 4.78 is 0. The minimum Gasteiger partial charge on any atom is -0.350 e. The van der Waals surface area contributed by atoms with Crippen molar-refractivity contribution in [3.63, 3.8) is 0 Å². The lowest BCUT2D eigenvalue weighted by Crippen LogP contribution is -2.41. The van der Waals surface area contributed by atoms with Crippen LogP contribution in [-0.4, -0.2) is 41.8 Å². The SMILES string of the molecule is CC(C)NC(=O)c1ccc(NC(=O)C2CCN(C(=O)CCc3ccccc3)CC2)cc1. The number of likely N-dealkylation sites (tertiary alicyclic amines) is 1. The van der Waals surface area contributed by atoms with Gasteiger partial charge in [-0.15, -0.1) is 0 Å². The van der Waals surface area contributed by atoms with Gasteiger partial charge in [0, 0.05) is 42.7 Å². The van der Waals surface area contributed by atoms with Crippen molar-refractivity contribution in [2.75, 3.05) is 18.4 Å². The van der Waals surface area contributed by atoms with Gasteiger partial charge in [-0.2, -0.15) is 0 Å². The summed E-state index contributed by atoms with van der Waals surface area (Å²) in [6.45, 7) is 5.04. The molecule has 31 heavy (non-hydrogen) atoms. The van der Waals surface area contributed by atoms with Gasteiger partial charge >= 0.3 is 0 Å². The van der Waals surface area contributed by atoms with Gasteiger partial charge in [-0.05, 0) is 62.9 Å². The molecule has 1 heterocycles. The van der Waals surface area contributed by atoms with Gasteiger partial charge in [0.05, 0.1) is 0 Å². The quantitative estimate of drug-likeness (QED) is 0.717. The zero-order valence-corrected chi connectivity index (χ0v) is 18.3. The van der Waals surface area contributed by atoms with Crippen LogP contribution < -0.4 is 10.6 Å². The van der Waals surface area contributed by atoms with Gasteiger partial charge < -0.3 is 15.5 Å². The molecule has 0 saturated carbocycles. The Morgan fingerprint density at radius 2 is 1.61 bits per heavy atom. The largest absolute Gasteiger partial charge is 0.350 e. The third-order valence-electron chi connectivity index (χ3n) is 5.52. The first-order chi connectivity index (χ1) is 14.9. The second kappa shape index (κ2) is 10.8. The zero-order chi connectivity index (χ0) is 22.2. The van der Waals surface area contributed by atoms with Crippen molar-refractivity contribution in [1.29, 1.82) is 0 Å². The molecule has 2 aromatic rings. The molecule has 164 valence electrons. The van der Waals surface area contributed by atoms with Crippen molar-refractivity contribution in [2.45, 2.75) is 45.6 Å². The molecule has 1 saturated heterocycles. The van der Waals surface area contributed by atoms with Crippen molar-refractivity contribution in [3.05, 3.63) is 65.7 Å². The van der Waals surface area contributed by atoms with Gasteiger partial charge in [-0.3, -0.25) is 14.4 Å². The fraction of sp³-hybridized carbons (Fsp3) is 0.400. The molecular formula is C25H31N3O3. The highest BCUT2D eigenvalue weighted by molar-refractivity contribution is 5.96. The number of nitrogens with zero attached hydrogens (tertiary/aromatic N) is 1. The Morgan fingerprint density at radius 3 is 2.23 bits per heavy atom. The molecule has 1 aliphatic rings. The number of nitrogens with one attached hydrogen (secondary N) is 2. The van der Waals surface area contributed by atoms with E-state index in [0.717, 1.165) is 12.0 Å². The molecule has 6 heteroatoms. The first-order valence-electron chi connectivity index (χ1n) is 11.0. The van der Waals surface area contributed by atoms with E-state index in [4.69, 9.17) is 0 Å². The summed E-state index contributed by atoms with van der Waals surface area (Å²) in [6.07, 6.45) is 2.57. The molecule has 2 N–H and O–H groups in total. The summed E-state index contributed by atoms with van der Waals surface area (Å²) in [6, 6.07) is 17.0. The van der Waals surface area contributed by atoms with Crippen LogP contribution in [0.15, 0.2) is 54.6 Å². The molecule has 1 fully saturated rings. The lowest BCUT2D eigenvalue weighted by atomic mass is 9.95. The monoisotopic (exact) mass is 421 g/mol. The van der Waals surface area contributed by atoms with Crippen molar-refractivity contribution in [2.24, 2.45) is 5.92 Å². The fourth-order valence-electron chi connectivity index (χ4n) is 3.74. The van der Waals surface area contributed by atoms with E-state index in [0.29, 0.717) is 43.6 Å². The van der Waals surface area contributed by atoms with Crippen LogP contribution in [0.1, 0.15) is 49.0 Å². The minimum atomic E-state index is -0.128. The second-order valence-electron chi connectivity index (χ2n) is 8.34. The second-order valence-corrected chi connectivity index (χ2v) is 8.34. The summed E-state index contributed by atoms with van der Waals surface area (Å²) in [5.41, 5.74) is 2.40. The summed E-state index contributed by atoms with van der Waals surface area (Å²) in [5, 5.41) is 5.78. The zero-order valence-electron chi connectivity index (χ0n) is 18.3. The summed E-state index contributed by atoms with van der Waals surface area (Å²) in [4.78, 5) is 39.0. The van der Waals surface area contributed by atoms with Crippen LogP contribution in [0.2, 0.25) is 0 Å². The van der Waals surface area contributed by atoms with Gasteiger partial charge in [0.25, 0.3) is 5.91 Å². The number of hydrogen-bond donors (Lipinski definition) is 2. The fourth-order valence-corrected chi connectivity index (χ4v) is 3.74. The predicted octanol–water partition coefficient (Wildman–Crippen LogP) is 3.63. The van der Waals surface area contributed by atoms with Crippen LogP contribution in [0.4, 0.5) is 5.69 Å². The van der Waals surface area contributed by atoms with E-state index in [1.165, 1.54) is 0 Å². The average Bonchev–Trinajstić information content (AvgIpc) is 2.78. The molecule has 0 aromatic heterocycles. The molecule has 0 bridgehead atoms. The molecule has 0 atom stereocenters. The maximum absolute atomic E-state index is 12.6. The maximum Gasteiger partial charge on any atom is 0.251 e. The summed E-state index contributed by atoms with van der Waals surface area (Å²) in [5.74, 6) is -0.118. The van der Waals surface area contributed by atoms with E-state index < -0.39 is 0 Å². The predicted molar refractivity (Wildman–Crippen MR) is 122 cm³/mol. The standard InChI is InChI=1S/C25H31N3O3/c1-18(2)26-24(30)20-9-11-22(12-10-20)27-25(31)21-14-16-28(17-15-21)23(29)13-8-19-6-4-3-5-7-19/h3-7,9-12,18,21H,8,13-17H2,1-2H3,(H,26,30)(H,27,31). The Bertz CT molecular complexity index is 886. The summed E-state index contributed by atoms with van der Waals surface area (Å²) >= 11 is 0. The lowest BCUT2D eigenvalue weighted by Gasteiger charge is -2.31. The van der Waals surface area contributed by atoms with E-state index in [1.54, 1.807) is 24.3 Å². The topological polar surface area (TPSA) is 78.5 Å². The molecule has 2 aromatic carbocycles. The Hall–Kier alpha value is -3.15. The first-order valence-corrected chi connectivity index (χ1v) is 11.0. The Morgan fingerprint density at radius 1 is 0.968 bits per heavy atom. The van der Waals surface area contributed by atoms with E-state index in [-0.39, 0.29) is 29.7 Å². The average molecular weight is 422 g/mol. The smallest absolute Gasteiger partial charge is 0.251 e. The van der Waals surface area contributed by atoms with Crippen LogP contribution in [-0.2, 0) is 16.0 Å². The number of aryl methyl sites for hydroxylation is 1. The number of hydrogen-bond acceptors (Lipinski definition) is 3. The molecule has 3 rings (SSSR count). The Kier molecular flexibility index (Phi) is 7.82. The molecule has 0 spiro atoms. The van der Waals surface area contributed by atoms with Crippen LogP contribution in [0.25, 0.3) is 0 Å². The first kappa shape index (κ1) is 22.5. The van der Waals surface area contributed by atoms with Gasteiger partial charge in [0.15, 0.2) is 0 Å². The van der Waals surface area contributed by atoms with Crippen molar-refractivity contribution in [1.82, 2.24) is 10.2 Å². The summed E-state index contributed by atoms with van der Waals surface area (Å²) in [7, 11) is 0.